The lowest BCUT2D eigenvalue weighted by Gasteiger charge is -2.21. The maximum absolute atomic E-state index is 11.3. The van der Waals surface area contributed by atoms with Crippen molar-refractivity contribution in [3.63, 3.8) is 0 Å². The van der Waals surface area contributed by atoms with E-state index in [9.17, 15) is 15.2 Å². The molecule has 1 aliphatic heterocycles. The van der Waals surface area contributed by atoms with Gasteiger partial charge in [0.1, 0.15) is 12.4 Å². The zero-order chi connectivity index (χ0) is 24.3. The lowest BCUT2D eigenvalue weighted by Crippen LogP contribution is -2.29. The molecule has 0 spiro atoms. The Bertz CT molecular complexity index is 1190. The van der Waals surface area contributed by atoms with Crippen LogP contribution in [0.15, 0.2) is 30.9 Å². The largest absolute Gasteiger partial charge is 0.465 e. The minimum absolute atomic E-state index is 0.0393. The molecule has 3 aromatic heterocycles. The van der Waals surface area contributed by atoms with Crippen molar-refractivity contribution in [1.82, 2.24) is 29.2 Å². The fraction of sp³-hybridized carbons (Fsp3) is 0.522. The fourth-order valence-corrected chi connectivity index (χ4v) is 4.99. The van der Waals surface area contributed by atoms with Gasteiger partial charge in [-0.2, -0.15) is 10.4 Å². The molecule has 0 aliphatic carbocycles. The van der Waals surface area contributed by atoms with Gasteiger partial charge in [-0.05, 0) is 18.5 Å². The Morgan fingerprint density at radius 1 is 1.38 bits per heavy atom. The average molecular weight is 482 g/mol. The van der Waals surface area contributed by atoms with E-state index >= 15 is 0 Å². The molecule has 4 heterocycles. The van der Waals surface area contributed by atoms with E-state index in [1.54, 1.807) is 17.1 Å². The topological polar surface area (TPSA) is 122 Å². The molecule has 34 heavy (non-hydrogen) atoms. The van der Waals surface area contributed by atoms with E-state index in [4.69, 9.17) is 9.72 Å². The number of likely N-dealkylation sites (tertiary alicyclic amines) is 1. The molecule has 1 fully saturated rings. The van der Waals surface area contributed by atoms with Crippen molar-refractivity contribution in [2.75, 3.05) is 19.7 Å². The van der Waals surface area contributed by atoms with Crippen LogP contribution in [0.5, 0.6) is 0 Å². The third-order valence-corrected chi connectivity index (χ3v) is 7.97. The lowest BCUT2D eigenvalue weighted by atomic mass is 9.97. The van der Waals surface area contributed by atoms with Crippen LogP contribution in [0.25, 0.3) is 22.4 Å². The summed E-state index contributed by atoms with van der Waals surface area (Å²) >= 11 is 0. The molecule has 11 heteroatoms. The average Bonchev–Trinajstić information content (AvgIpc) is 3.54. The molecule has 0 bridgehead atoms. The van der Waals surface area contributed by atoms with Gasteiger partial charge < -0.3 is 19.3 Å². The zero-order valence-electron chi connectivity index (χ0n) is 19.9. The van der Waals surface area contributed by atoms with Crippen LogP contribution in [0.4, 0.5) is 4.79 Å². The molecule has 10 nitrogen and oxygen atoms in total. The molecule has 4 rings (SSSR count). The van der Waals surface area contributed by atoms with E-state index in [0.29, 0.717) is 32.1 Å². The smallest absolute Gasteiger partial charge is 0.407 e. The molecular formula is C23H31N7O3Si. The summed E-state index contributed by atoms with van der Waals surface area (Å²) in [7, 11) is -1.14. The number of amides is 1. The molecule has 1 aliphatic rings. The van der Waals surface area contributed by atoms with Crippen LogP contribution in [0.3, 0.4) is 0 Å². The standard InChI is InChI=1S/C23H31N7O3Si/c1-34(2,3)11-10-33-16-29-9-5-17-12-25-21(27-22(17)29)19-13-26-30(15-19)20(4-7-24)18-6-8-28(14-18)23(31)32/h5,9,12-13,15,18,20H,4,6,8,10-11,14,16H2,1-3H3,(H,31,32). The van der Waals surface area contributed by atoms with Crippen molar-refractivity contribution in [2.24, 2.45) is 5.92 Å². The van der Waals surface area contributed by atoms with E-state index in [-0.39, 0.29) is 18.4 Å². The van der Waals surface area contributed by atoms with Crippen molar-refractivity contribution in [3.05, 3.63) is 30.9 Å². The minimum Gasteiger partial charge on any atom is -0.465 e. The van der Waals surface area contributed by atoms with Crippen LogP contribution in [0.2, 0.25) is 25.7 Å². The van der Waals surface area contributed by atoms with Crippen LogP contribution in [-0.2, 0) is 11.5 Å². The first-order valence-electron chi connectivity index (χ1n) is 11.5. The minimum atomic E-state index is -1.14. The number of hydrogen-bond acceptors (Lipinski definition) is 6. The molecule has 1 saturated heterocycles. The first-order valence-corrected chi connectivity index (χ1v) is 15.2. The van der Waals surface area contributed by atoms with Gasteiger partial charge in [0.25, 0.3) is 0 Å². The molecular weight excluding hydrogens is 450 g/mol. The number of rotatable bonds is 9. The Morgan fingerprint density at radius 3 is 2.91 bits per heavy atom. The molecule has 1 amide bonds. The van der Waals surface area contributed by atoms with Crippen molar-refractivity contribution in [3.8, 4) is 17.5 Å². The summed E-state index contributed by atoms with van der Waals surface area (Å²) < 4.78 is 9.64. The Balaban J connectivity index is 1.51. The second kappa shape index (κ2) is 9.95. The highest BCUT2D eigenvalue weighted by Crippen LogP contribution is 2.31. The van der Waals surface area contributed by atoms with Gasteiger partial charge in [0.05, 0.1) is 30.3 Å². The second-order valence-electron chi connectivity index (χ2n) is 10.0. The number of ether oxygens (including phenoxy) is 1. The van der Waals surface area contributed by atoms with Gasteiger partial charge in [-0.15, -0.1) is 0 Å². The maximum Gasteiger partial charge on any atom is 0.407 e. The van der Waals surface area contributed by atoms with Crippen LogP contribution in [0.1, 0.15) is 18.9 Å². The molecule has 1 N–H and O–H groups in total. The SMILES string of the molecule is C[Si](C)(C)CCOCn1ccc2cnc(-c3cnn(C(CC#N)C4CCN(C(=O)O)C4)c3)nc21. The number of fused-ring (bicyclic) bond motifs is 1. The number of hydrogen-bond donors (Lipinski definition) is 1. The monoisotopic (exact) mass is 481 g/mol. The number of carboxylic acid groups (broad SMARTS) is 1. The summed E-state index contributed by atoms with van der Waals surface area (Å²) in [4.78, 5) is 22.0. The van der Waals surface area contributed by atoms with Gasteiger partial charge >= 0.3 is 6.09 Å². The number of aromatic nitrogens is 5. The van der Waals surface area contributed by atoms with Gasteiger partial charge in [-0.1, -0.05) is 19.6 Å². The Hall–Kier alpha value is -3.23. The van der Waals surface area contributed by atoms with Gasteiger partial charge in [-0.25, -0.2) is 14.8 Å². The summed E-state index contributed by atoms with van der Waals surface area (Å²) in [6, 6.07) is 5.11. The van der Waals surface area contributed by atoms with Crippen LogP contribution < -0.4 is 0 Å². The predicted octanol–water partition coefficient (Wildman–Crippen LogP) is 4.06. The molecule has 0 saturated carbocycles. The van der Waals surface area contributed by atoms with Gasteiger partial charge in [0.2, 0.25) is 0 Å². The normalized spacial score (nSPS) is 17.2. The zero-order valence-corrected chi connectivity index (χ0v) is 20.9. The lowest BCUT2D eigenvalue weighted by molar-refractivity contribution is 0.0899. The third kappa shape index (κ3) is 5.45. The summed E-state index contributed by atoms with van der Waals surface area (Å²) in [6.45, 7) is 9.05. The quantitative estimate of drug-likeness (QED) is 0.361. The highest BCUT2D eigenvalue weighted by molar-refractivity contribution is 6.76. The summed E-state index contributed by atoms with van der Waals surface area (Å²) in [6.07, 6.45) is 7.35. The molecule has 180 valence electrons. The Labute approximate surface area is 199 Å². The third-order valence-electron chi connectivity index (χ3n) is 6.27. The summed E-state index contributed by atoms with van der Waals surface area (Å²) in [5, 5.41) is 24.1. The highest BCUT2D eigenvalue weighted by Gasteiger charge is 2.33. The molecule has 0 radical (unpaired) electrons. The van der Waals surface area contributed by atoms with Gasteiger partial charge in [0, 0.05) is 57.7 Å². The van der Waals surface area contributed by atoms with Crippen LogP contribution >= 0.6 is 0 Å². The van der Waals surface area contributed by atoms with Crippen molar-refractivity contribution in [2.45, 2.75) is 51.3 Å². The summed E-state index contributed by atoms with van der Waals surface area (Å²) in [5.41, 5.74) is 1.55. The number of nitriles is 1. The van der Waals surface area contributed by atoms with Crippen molar-refractivity contribution < 1.29 is 14.6 Å². The van der Waals surface area contributed by atoms with Crippen LogP contribution in [-0.4, -0.2) is 68.2 Å². The van der Waals surface area contributed by atoms with Crippen LogP contribution in [0, 0.1) is 17.2 Å². The first-order chi connectivity index (χ1) is 16.2. The first kappa shape index (κ1) is 23.9. The highest BCUT2D eigenvalue weighted by atomic mass is 28.3. The van der Waals surface area contributed by atoms with Gasteiger partial charge in [0.15, 0.2) is 5.82 Å². The number of nitrogens with zero attached hydrogens (tertiary/aromatic N) is 7. The molecule has 3 aromatic rings. The van der Waals surface area contributed by atoms with E-state index in [0.717, 1.165) is 29.2 Å². The molecule has 0 aromatic carbocycles. The predicted molar refractivity (Wildman–Crippen MR) is 130 cm³/mol. The Morgan fingerprint density at radius 2 is 2.21 bits per heavy atom. The Kier molecular flexibility index (Phi) is 6.99. The van der Waals surface area contributed by atoms with E-state index in [2.05, 4.69) is 35.8 Å². The van der Waals surface area contributed by atoms with E-state index in [1.165, 1.54) is 4.90 Å². The maximum atomic E-state index is 11.3. The molecule has 2 atom stereocenters. The fourth-order valence-electron chi connectivity index (χ4n) is 4.23. The van der Waals surface area contributed by atoms with E-state index in [1.807, 2.05) is 23.0 Å². The molecule has 2 unspecified atom stereocenters. The summed E-state index contributed by atoms with van der Waals surface area (Å²) in [5.74, 6) is 0.590. The van der Waals surface area contributed by atoms with Crippen molar-refractivity contribution >= 4 is 25.2 Å². The second-order valence-corrected chi connectivity index (χ2v) is 15.6. The number of carbonyl (C=O) groups is 1. The van der Waals surface area contributed by atoms with Crippen molar-refractivity contribution in [1.29, 1.82) is 5.26 Å². The van der Waals surface area contributed by atoms with Gasteiger partial charge in [-0.3, -0.25) is 4.68 Å². The van der Waals surface area contributed by atoms with E-state index < -0.39 is 14.2 Å².